The molecule has 0 aliphatic heterocycles. The summed E-state index contributed by atoms with van der Waals surface area (Å²) in [6.45, 7) is 2.06. The molecule has 3 aromatic rings. The second-order valence-electron chi connectivity index (χ2n) is 6.63. The maximum absolute atomic E-state index is 12.4. The second kappa shape index (κ2) is 10.2. The van der Waals surface area contributed by atoms with Crippen molar-refractivity contribution in [2.75, 3.05) is 32.4 Å². The second-order valence-corrected chi connectivity index (χ2v) is 7.57. The van der Waals surface area contributed by atoms with Crippen LogP contribution < -0.4 is 19.5 Å². The number of anilines is 1. The number of ether oxygens (including phenoxy) is 3. The molecule has 8 nitrogen and oxygen atoms in total. The monoisotopic (exact) mass is 442 g/mol. The van der Waals surface area contributed by atoms with Crippen molar-refractivity contribution in [1.82, 2.24) is 14.8 Å². The molecule has 1 aromatic heterocycles. The highest BCUT2D eigenvalue weighted by Crippen LogP contribution is 2.41. The maximum atomic E-state index is 12.4. The third-order valence-corrected chi connectivity index (χ3v) is 5.78. The minimum Gasteiger partial charge on any atom is -0.493 e. The van der Waals surface area contributed by atoms with E-state index in [0.717, 1.165) is 23.2 Å². The summed E-state index contributed by atoms with van der Waals surface area (Å²) in [5.74, 6) is 2.32. The minimum atomic E-state index is -0.0942. The highest BCUT2D eigenvalue weighted by molar-refractivity contribution is 7.99. The van der Waals surface area contributed by atoms with E-state index >= 15 is 0 Å². The summed E-state index contributed by atoms with van der Waals surface area (Å²) >= 11 is 1.32. The topological polar surface area (TPSA) is 87.5 Å². The van der Waals surface area contributed by atoms with Gasteiger partial charge in [0.05, 0.1) is 27.1 Å². The van der Waals surface area contributed by atoms with Gasteiger partial charge in [0.25, 0.3) is 0 Å². The van der Waals surface area contributed by atoms with Gasteiger partial charge in [0.15, 0.2) is 22.5 Å². The van der Waals surface area contributed by atoms with Crippen molar-refractivity contribution < 1.29 is 19.0 Å². The van der Waals surface area contributed by atoms with Crippen LogP contribution in [0.2, 0.25) is 0 Å². The summed E-state index contributed by atoms with van der Waals surface area (Å²) in [6, 6.07) is 11.4. The molecule has 0 saturated heterocycles. The van der Waals surface area contributed by atoms with Gasteiger partial charge in [-0.3, -0.25) is 4.79 Å². The number of thioether (sulfide) groups is 1. The number of carbonyl (C=O) groups excluding carboxylic acids is 1. The summed E-state index contributed by atoms with van der Waals surface area (Å²) in [5, 5.41) is 12.1. The molecule has 1 amide bonds. The number of amides is 1. The number of benzene rings is 2. The average molecular weight is 443 g/mol. The van der Waals surface area contributed by atoms with Crippen LogP contribution in [0.15, 0.2) is 41.6 Å². The number of rotatable bonds is 9. The molecule has 0 saturated carbocycles. The Morgan fingerprint density at radius 2 is 1.74 bits per heavy atom. The molecule has 0 atom stereocenters. The number of nitrogens with zero attached hydrogens (tertiary/aromatic N) is 3. The number of hydrogen-bond acceptors (Lipinski definition) is 7. The number of aromatic nitrogens is 3. The predicted octanol–water partition coefficient (Wildman–Crippen LogP) is 3.80. The first-order valence-electron chi connectivity index (χ1n) is 9.72. The molecule has 2 aromatic carbocycles. The third-order valence-electron chi connectivity index (χ3n) is 4.76. The van der Waals surface area contributed by atoms with E-state index in [4.69, 9.17) is 14.2 Å². The SMILES string of the molecule is CCc1ccccc1NC(=O)CSc1nnc(-c2cc(OC)c(OC)c(OC)c2)n1C. The molecular weight excluding hydrogens is 416 g/mol. The Morgan fingerprint density at radius 3 is 2.35 bits per heavy atom. The average Bonchev–Trinajstić information content (AvgIpc) is 3.17. The van der Waals surface area contributed by atoms with Crippen LogP contribution in [0, 0.1) is 0 Å². The largest absolute Gasteiger partial charge is 0.493 e. The number of hydrogen-bond donors (Lipinski definition) is 1. The van der Waals surface area contributed by atoms with E-state index in [1.165, 1.54) is 11.8 Å². The Hall–Kier alpha value is -3.20. The molecule has 0 unspecified atom stereocenters. The summed E-state index contributed by atoms with van der Waals surface area (Å²) < 4.78 is 18.0. The summed E-state index contributed by atoms with van der Waals surface area (Å²) in [6.07, 6.45) is 0.852. The lowest BCUT2D eigenvalue weighted by atomic mass is 10.1. The summed E-state index contributed by atoms with van der Waals surface area (Å²) in [4.78, 5) is 12.4. The molecule has 164 valence electrons. The van der Waals surface area contributed by atoms with E-state index in [2.05, 4.69) is 22.4 Å². The quantitative estimate of drug-likeness (QED) is 0.504. The van der Waals surface area contributed by atoms with E-state index in [1.54, 1.807) is 21.3 Å². The first kappa shape index (κ1) is 22.5. The van der Waals surface area contributed by atoms with Crippen LogP contribution in [-0.2, 0) is 18.3 Å². The van der Waals surface area contributed by atoms with E-state index in [9.17, 15) is 4.79 Å². The first-order chi connectivity index (χ1) is 15.0. The van der Waals surface area contributed by atoms with Gasteiger partial charge in [-0.15, -0.1) is 10.2 Å². The van der Waals surface area contributed by atoms with E-state index < -0.39 is 0 Å². The lowest BCUT2D eigenvalue weighted by Gasteiger charge is -2.14. The zero-order valence-electron chi connectivity index (χ0n) is 18.3. The molecule has 1 N–H and O–H groups in total. The molecule has 0 bridgehead atoms. The Morgan fingerprint density at radius 1 is 1.06 bits per heavy atom. The third kappa shape index (κ3) is 4.93. The molecule has 3 rings (SSSR count). The van der Waals surface area contributed by atoms with E-state index in [0.29, 0.717) is 28.2 Å². The van der Waals surface area contributed by atoms with Gasteiger partial charge in [-0.2, -0.15) is 0 Å². The van der Waals surface area contributed by atoms with Crippen LogP contribution in [-0.4, -0.2) is 47.8 Å². The Balaban J connectivity index is 1.75. The molecule has 0 spiro atoms. The van der Waals surface area contributed by atoms with Gasteiger partial charge in [-0.25, -0.2) is 0 Å². The molecule has 1 heterocycles. The molecule has 0 aliphatic rings. The van der Waals surface area contributed by atoms with Gasteiger partial charge < -0.3 is 24.1 Å². The number of para-hydroxylation sites is 1. The van der Waals surface area contributed by atoms with Crippen molar-refractivity contribution in [3.05, 3.63) is 42.0 Å². The van der Waals surface area contributed by atoms with Gasteiger partial charge in [0, 0.05) is 18.3 Å². The predicted molar refractivity (Wildman–Crippen MR) is 121 cm³/mol. The fourth-order valence-corrected chi connectivity index (χ4v) is 3.88. The summed E-state index contributed by atoms with van der Waals surface area (Å²) in [5.41, 5.74) is 2.70. The lowest BCUT2D eigenvalue weighted by Crippen LogP contribution is -2.15. The van der Waals surface area contributed by atoms with E-state index in [1.807, 2.05) is 48.0 Å². The van der Waals surface area contributed by atoms with Crippen LogP contribution in [0.5, 0.6) is 17.2 Å². The number of methoxy groups -OCH3 is 3. The first-order valence-corrected chi connectivity index (χ1v) is 10.7. The molecule has 9 heteroatoms. The van der Waals surface area contributed by atoms with Crippen molar-refractivity contribution in [3.63, 3.8) is 0 Å². The van der Waals surface area contributed by atoms with E-state index in [-0.39, 0.29) is 11.7 Å². The van der Waals surface area contributed by atoms with Crippen LogP contribution in [0.1, 0.15) is 12.5 Å². The highest BCUT2D eigenvalue weighted by atomic mass is 32.2. The van der Waals surface area contributed by atoms with Crippen molar-refractivity contribution in [1.29, 1.82) is 0 Å². The van der Waals surface area contributed by atoms with Crippen LogP contribution >= 0.6 is 11.8 Å². The molecule has 0 fully saturated rings. The minimum absolute atomic E-state index is 0.0942. The molecule has 0 radical (unpaired) electrons. The zero-order chi connectivity index (χ0) is 22.4. The Labute approximate surface area is 185 Å². The van der Waals surface area contributed by atoms with Crippen molar-refractivity contribution >= 4 is 23.4 Å². The zero-order valence-corrected chi connectivity index (χ0v) is 19.1. The van der Waals surface area contributed by atoms with Crippen molar-refractivity contribution in [3.8, 4) is 28.6 Å². The normalized spacial score (nSPS) is 10.6. The van der Waals surface area contributed by atoms with Crippen LogP contribution in [0.4, 0.5) is 5.69 Å². The van der Waals surface area contributed by atoms with Gasteiger partial charge in [-0.05, 0) is 30.2 Å². The number of aryl methyl sites for hydroxylation is 1. The maximum Gasteiger partial charge on any atom is 0.234 e. The molecular formula is C22H26N4O4S. The standard InChI is InChI=1S/C22H26N4O4S/c1-6-14-9-7-8-10-16(14)23-19(27)13-31-22-25-24-21(26(22)2)15-11-17(28-3)20(30-5)18(12-15)29-4/h7-12H,6,13H2,1-5H3,(H,23,27). The van der Waals surface area contributed by atoms with Gasteiger partial charge in [0.1, 0.15) is 0 Å². The van der Waals surface area contributed by atoms with Gasteiger partial charge in [-0.1, -0.05) is 36.9 Å². The lowest BCUT2D eigenvalue weighted by molar-refractivity contribution is -0.113. The number of carbonyl (C=O) groups is 1. The summed E-state index contributed by atoms with van der Waals surface area (Å²) in [7, 11) is 6.54. The fraction of sp³-hybridized carbons (Fsp3) is 0.318. The van der Waals surface area contributed by atoms with Crippen LogP contribution in [0.25, 0.3) is 11.4 Å². The van der Waals surface area contributed by atoms with Crippen LogP contribution in [0.3, 0.4) is 0 Å². The molecule has 31 heavy (non-hydrogen) atoms. The van der Waals surface area contributed by atoms with Gasteiger partial charge in [0.2, 0.25) is 11.7 Å². The van der Waals surface area contributed by atoms with Crippen molar-refractivity contribution in [2.24, 2.45) is 7.05 Å². The fourth-order valence-electron chi connectivity index (χ4n) is 3.17. The Bertz CT molecular complexity index is 1040. The molecule has 0 aliphatic carbocycles. The van der Waals surface area contributed by atoms with Gasteiger partial charge >= 0.3 is 0 Å². The smallest absolute Gasteiger partial charge is 0.234 e. The Kier molecular flexibility index (Phi) is 7.41. The highest BCUT2D eigenvalue weighted by Gasteiger charge is 2.19. The number of nitrogens with one attached hydrogen (secondary N) is 1. The van der Waals surface area contributed by atoms with Crippen molar-refractivity contribution in [2.45, 2.75) is 18.5 Å².